The number of sulfonamides is 1. The van der Waals surface area contributed by atoms with Gasteiger partial charge in [-0.15, -0.1) is 0 Å². The van der Waals surface area contributed by atoms with Gasteiger partial charge in [-0.1, -0.05) is 18.8 Å². The number of hydrogen-bond donors (Lipinski definition) is 1. The van der Waals surface area contributed by atoms with E-state index < -0.39 is 10.0 Å². The molecule has 4 nitrogen and oxygen atoms in total. The second-order valence-electron chi connectivity index (χ2n) is 3.86. The van der Waals surface area contributed by atoms with Crippen LogP contribution in [0.1, 0.15) is 18.9 Å². The molecule has 0 spiro atoms. The largest absolute Gasteiger partial charge is 0.320 e. The van der Waals surface area contributed by atoms with Gasteiger partial charge in [-0.2, -0.15) is 0 Å². The Morgan fingerprint density at radius 2 is 1.89 bits per heavy atom. The van der Waals surface area contributed by atoms with Crippen molar-refractivity contribution in [1.82, 2.24) is 4.31 Å². The monoisotopic (exact) mass is 266 g/mol. The van der Waals surface area contributed by atoms with Crippen molar-refractivity contribution < 1.29 is 8.42 Å². The first kappa shape index (κ1) is 14.7. The molecule has 0 unspecified atom stereocenters. The summed E-state index contributed by atoms with van der Waals surface area (Å²) >= 11 is 0. The maximum atomic E-state index is 12.1. The minimum Gasteiger partial charge on any atom is -0.320 e. The smallest absolute Gasteiger partial charge is 0.242 e. The molecule has 18 heavy (non-hydrogen) atoms. The van der Waals surface area contributed by atoms with Gasteiger partial charge in [0.15, 0.2) is 0 Å². The summed E-state index contributed by atoms with van der Waals surface area (Å²) in [6, 6.07) is 6.52. The lowest BCUT2D eigenvalue weighted by molar-refractivity contribution is 0.468. The standard InChI is InChI=1S/C13H18N2O2S/c1-3-11-15(2)18(16,17)13-8-6-12(7-9-13)5-4-10-14/h6-9H,3,10-11,14H2,1-2H3. The average molecular weight is 266 g/mol. The fraction of sp³-hybridized carbons (Fsp3) is 0.385. The second kappa shape index (κ2) is 6.55. The number of benzene rings is 1. The summed E-state index contributed by atoms with van der Waals surface area (Å²) in [5.74, 6) is 5.58. The first-order valence-corrected chi connectivity index (χ1v) is 7.21. The van der Waals surface area contributed by atoms with Crippen LogP contribution in [0, 0.1) is 11.8 Å². The zero-order chi connectivity index (χ0) is 13.6. The van der Waals surface area contributed by atoms with E-state index in [1.54, 1.807) is 31.3 Å². The Hall–Kier alpha value is -1.35. The topological polar surface area (TPSA) is 63.4 Å². The van der Waals surface area contributed by atoms with Crippen molar-refractivity contribution >= 4 is 10.0 Å². The number of hydrogen-bond acceptors (Lipinski definition) is 3. The van der Waals surface area contributed by atoms with Crippen LogP contribution in [0.15, 0.2) is 29.2 Å². The van der Waals surface area contributed by atoms with Gasteiger partial charge < -0.3 is 5.73 Å². The SMILES string of the molecule is CCCN(C)S(=O)(=O)c1ccc(C#CCN)cc1. The third-order valence-electron chi connectivity index (χ3n) is 2.44. The Bertz CT molecular complexity index is 539. The van der Waals surface area contributed by atoms with Crippen LogP contribution in [0.4, 0.5) is 0 Å². The lowest BCUT2D eigenvalue weighted by Crippen LogP contribution is -2.27. The van der Waals surface area contributed by atoms with Crippen LogP contribution in [0.2, 0.25) is 0 Å². The van der Waals surface area contributed by atoms with Gasteiger partial charge >= 0.3 is 0 Å². The molecule has 0 heterocycles. The third-order valence-corrected chi connectivity index (χ3v) is 4.31. The minimum absolute atomic E-state index is 0.289. The molecule has 0 bridgehead atoms. The molecule has 0 fully saturated rings. The van der Waals surface area contributed by atoms with E-state index in [0.29, 0.717) is 13.1 Å². The van der Waals surface area contributed by atoms with Crippen LogP contribution < -0.4 is 5.73 Å². The fourth-order valence-electron chi connectivity index (χ4n) is 1.48. The Balaban J connectivity index is 2.97. The summed E-state index contributed by atoms with van der Waals surface area (Å²) in [5, 5.41) is 0. The summed E-state index contributed by atoms with van der Waals surface area (Å²) in [5.41, 5.74) is 6.03. The van der Waals surface area contributed by atoms with E-state index in [4.69, 9.17) is 5.73 Å². The van der Waals surface area contributed by atoms with Gasteiger partial charge in [-0.05, 0) is 30.7 Å². The van der Waals surface area contributed by atoms with Crippen molar-refractivity contribution in [3.05, 3.63) is 29.8 Å². The van der Waals surface area contributed by atoms with Crippen molar-refractivity contribution in [2.45, 2.75) is 18.2 Å². The molecular formula is C13H18N2O2S. The first-order chi connectivity index (χ1) is 8.52. The van der Waals surface area contributed by atoms with Gasteiger partial charge in [0, 0.05) is 19.2 Å². The molecule has 0 amide bonds. The Kier molecular flexibility index (Phi) is 5.35. The van der Waals surface area contributed by atoms with Gasteiger partial charge in [0.2, 0.25) is 10.0 Å². The molecule has 0 aliphatic rings. The highest BCUT2D eigenvalue weighted by Gasteiger charge is 2.19. The van der Waals surface area contributed by atoms with Crippen molar-refractivity contribution in [3.63, 3.8) is 0 Å². The molecule has 5 heteroatoms. The van der Waals surface area contributed by atoms with Crippen LogP contribution in [-0.2, 0) is 10.0 Å². The quantitative estimate of drug-likeness (QED) is 0.828. The van der Waals surface area contributed by atoms with Crippen LogP contribution >= 0.6 is 0 Å². The molecule has 98 valence electrons. The van der Waals surface area contributed by atoms with E-state index in [2.05, 4.69) is 11.8 Å². The highest BCUT2D eigenvalue weighted by atomic mass is 32.2. The van der Waals surface area contributed by atoms with Crippen molar-refractivity contribution in [1.29, 1.82) is 0 Å². The molecule has 0 aliphatic heterocycles. The second-order valence-corrected chi connectivity index (χ2v) is 5.90. The summed E-state index contributed by atoms with van der Waals surface area (Å²) in [6.45, 7) is 2.74. The maximum Gasteiger partial charge on any atom is 0.242 e. The molecule has 0 atom stereocenters. The van der Waals surface area contributed by atoms with Crippen LogP contribution in [-0.4, -0.2) is 32.9 Å². The lowest BCUT2D eigenvalue weighted by Gasteiger charge is -2.16. The Labute approximate surface area is 109 Å². The van der Waals surface area contributed by atoms with Gasteiger partial charge in [-0.25, -0.2) is 12.7 Å². The van der Waals surface area contributed by atoms with Gasteiger partial charge in [0.05, 0.1) is 11.4 Å². The molecule has 0 saturated heterocycles. The number of nitrogens with two attached hydrogens (primary N) is 1. The molecule has 0 aromatic heterocycles. The highest BCUT2D eigenvalue weighted by Crippen LogP contribution is 2.15. The lowest BCUT2D eigenvalue weighted by atomic mass is 10.2. The van der Waals surface area contributed by atoms with E-state index in [9.17, 15) is 8.42 Å². The number of rotatable bonds is 4. The predicted octanol–water partition coefficient (Wildman–Crippen LogP) is 1.03. The summed E-state index contributed by atoms with van der Waals surface area (Å²) < 4.78 is 25.6. The Morgan fingerprint density at radius 3 is 2.39 bits per heavy atom. The average Bonchev–Trinajstić information content (AvgIpc) is 2.37. The third kappa shape index (κ3) is 3.57. The molecule has 1 aromatic rings. The number of nitrogens with zero attached hydrogens (tertiary/aromatic N) is 1. The van der Waals surface area contributed by atoms with Crippen molar-refractivity contribution in [2.75, 3.05) is 20.1 Å². The molecule has 2 N–H and O–H groups in total. The van der Waals surface area contributed by atoms with Crippen molar-refractivity contribution in [3.8, 4) is 11.8 Å². The van der Waals surface area contributed by atoms with Gasteiger partial charge in [0.25, 0.3) is 0 Å². The highest BCUT2D eigenvalue weighted by molar-refractivity contribution is 7.89. The maximum absolute atomic E-state index is 12.1. The zero-order valence-corrected chi connectivity index (χ0v) is 11.5. The summed E-state index contributed by atoms with van der Waals surface area (Å²) in [7, 11) is -1.79. The zero-order valence-electron chi connectivity index (χ0n) is 10.7. The van der Waals surface area contributed by atoms with E-state index >= 15 is 0 Å². The Morgan fingerprint density at radius 1 is 1.28 bits per heavy atom. The van der Waals surface area contributed by atoms with E-state index in [-0.39, 0.29) is 4.90 Å². The minimum atomic E-state index is -3.38. The van der Waals surface area contributed by atoms with Crippen LogP contribution in [0.25, 0.3) is 0 Å². The molecule has 0 saturated carbocycles. The first-order valence-electron chi connectivity index (χ1n) is 5.77. The molecule has 1 aromatic carbocycles. The summed E-state index contributed by atoms with van der Waals surface area (Å²) in [4.78, 5) is 0.289. The normalized spacial score (nSPS) is 11.1. The van der Waals surface area contributed by atoms with E-state index in [1.807, 2.05) is 6.92 Å². The molecular weight excluding hydrogens is 248 g/mol. The predicted molar refractivity (Wildman–Crippen MR) is 72.5 cm³/mol. The molecule has 0 aliphatic carbocycles. The summed E-state index contributed by atoms with van der Waals surface area (Å²) in [6.07, 6.45) is 0.787. The fourth-order valence-corrected chi connectivity index (χ4v) is 2.74. The van der Waals surface area contributed by atoms with Gasteiger partial charge in [-0.3, -0.25) is 0 Å². The van der Waals surface area contributed by atoms with Crippen LogP contribution in [0.3, 0.4) is 0 Å². The van der Waals surface area contributed by atoms with Gasteiger partial charge in [0.1, 0.15) is 0 Å². The van der Waals surface area contributed by atoms with E-state index in [1.165, 1.54) is 4.31 Å². The van der Waals surface area contributed by atoms with Crippen LogP contribution in [0.5, 0.6) is 0 Å². The van der Waals surface area contributed by atoms with Crippen molar-refractivity contribution in [2.24, 2.45) is 5.73 Å². The van der Waals surface area contributed by atoms with E-state index in [0.717, 1.165) is 12.0 Å². The molecule has 1 rings (SSSR count). The molecule has 0 radical (unpaired) electrons.